The molecule has 0 aromatic rings. The molecule has 0 bridgehead atoms. The van der Waals surface area contributed by atoms with Gasteiger partial charge in [0.2, 0.25) is 10.0 Å². The van der Waals surface area contributed by atoms with Gasteiger partial charge in [0.05, 0.1) is 25.0 Å². The van der Waals surface area contributed by atoms with E-state index >= 15 is 0 Å². The largest absolute Gasteiger partial charge is 0.376 e. The second kappa shape index (κ2) is 7.77. The molecule has 0 radical (unpaired) electrons. The van der Waals surface area contributed by atoms with Gasteiger partial charge in [-0.05, 0) is 39.4 Å². The van der Waals surface area contributed by atoms with Crippen molar-refractivity contribution in [3.63, 3.8) is 0 Å². The third kappa shape index (κ3) is 7.57. The quantitative estimate of drug-likeness (QED) is 0.660. The van der Waals surface area contributed by atoms with E-state index in [1.807, 2.05) is 34.0 Å². The summed E-state index contributed by atoms with van der Waals surface area (Å²) in [6, 6.07) is -0.189. The third-order valence-electron chi connectivity index (χ3n) is 3.59. The van der Waals surface area contributed by atoms with Gasteiger partial charge in [0, 0.05) is 11.3 Å². The number of rotatable bonds is 7. The Balaban J connectivity index is 5.38. The molecule has 0 aliphatic rings. The molecule has 134 valence electrons. The van der Waals surface area contributed by atoms with E-state index in [1.165, 1.54) is 6.26 Å². The van der Waals surface area contributed by atoms with Gasteiger partial charge in [-0.1, -0.05) is 26.6 Å². The van der Waals surface area contributed by atoms with Gasteiger partial charge < -0.3 is 4.74 Å². The van der Waals surface area contributed by atoms with E-state index in [4.69, 9.17) is 4.74 Å². The van der Waals surface area contributed by atoms with Gasteiger partial charge in [-0.15, -0.1) is 0 Å². The zero-order valence-electron chi connectivity index (χ0n) is 15.8. The Labute approximate surface area is 140 Å². The molecule has 0 N–H and O–H groups in total. The van der Waals surface area contributed by atoms with E-state index in [9.17, 15) is 8.42 Å². The summed E-state index contributed by atoms with van der Waals surface area (Å²) < 4.78 is 32.2. The molecule has 22 heavy (non-hydrogen) atoms. The molecule has 3 atom stereocenters. The van der Waals surface area contributed by atoms with Crippen LogP contribution >= 0.6 is 10.5 Å². The first-order chi connectivity index (χ1) is 9.56. The number of hydrogen-bond acceptors (Lipinski definition) is 3. The van der Waals surface area contributed by atoms with Crippen molar-refractivity contribution in [2.24, 2.45) is 5.41 Å². The van der Waals surface area contributed by atoms with Gasteiger partial charge >= 0.3 is 0 Å². The van der Waals surface area contributed by atoms with Crippen LogP contribution in [0.15, 0.2) is 0 Å². The van der Waals surface area contributed by atoms with Crippen molar-refractivity contribution in [1.82, 2.24) is 4.31 Å². The molecule has 6 heteroatoms. The average Bonchev–Trinajstić information content (AvgIpc) is 2.18. The molecular weight excluding hydrogens is 318 g/mol. The van der Waals surface area contributed by atoms with Crippen LogP contribution in [0, 0.1) is 5.41 Å². The SMILES string of the molecule is C=S(C)CC(COC(C)C(C)(C)C)N(C(C)(C)C)S(C)(=O)=O. The van der Waals surface area contributed by atoms with Crippen LogP contribution in [0.2, 0.25) is 0 Å². The Morgan fingerprint density at radius 3 is 1.91 bits per heavy atom. The summed E-state index contributed by atoms with van der Waals surface area (Å²) in [6.07, 6.45) is 3.36. The molecule has 3 unspecified atom stereocenters. The van der Waals surface area contributed by atoms with Gasteiger partial charge in [0.15, 0.2) is 0 Å². The Hall–Kier alpha value is 0.0900. The van der Waals surface area contributed by atoms with Crippen molar-refractivity contribution in [3.8, 4) is 0 Å². The lowest BCUT2D eigenvalue weighted by Gasteiger charge is -2.40. The van der Waals surface area contributed by atoms with Crippen LogP contribution in [0.4, 0.5) is 0 Å². The van der Waals surface area contributed by atoms with Gasteiger partial charge in [-0.3, -0.25) is 0 Å². The first kappa shape index (κ1) is 22.1. The van der Waals surface area contributed by atoms with E-state index < -0.39 is 15.6 Å². The molecule has 0 aliphatic heterocycles. The molecule has 0 spiro atoms. The first-order valence-electron chi connectivity index (χ1n) is 7.60. The van der Waals surface area contributed by atoms with E-state index in [2.05, 4.69) is 26.6 Å². The second-order valence-electron chi connectivity index (χ2n) is 8.17. The van der Waals surface area contributed by atoms with Crippen molar-refractivity contribution in [2.45, 2.75) is 66.2 Å². The molecule has 4 nitrogen and oxygen atoms in total. The maximum atomic E-state index is 12.3. The normalized spacial score (nSPS) is 18.3. The van der Waals surface area contributed by atoms with Crippen molar-refractivity contribution >= 4 is 26.4 Å². The van der Waals surface area contributed by atoms with Crippen LogP contribution in [0.5, 0.6) is 0 Å². The Morgan fingerprint density at radius 1 is 1.18 bits per heavy atom. The van der Waals surface area contributed by atoms with E-state index in [-0.39, 0.29) is 28.0 Å². The number of hydrogen-bond donors (Lipinski definition) is 0. The Morgan fingerprint density at radius 2 is 1.64 bits per heavy atom. The molecule has 0 saturated carbocycles. The molecule has 0 heterocycles. The molecule has 0 amide bonds. The zero-order valence-corrected chi connectivity index (χ0v) is 17.4. The van der Waals surface area contributed by atoms with Crippen molar-refractivity contribution in [3.05, 3.63) is 0 Å². The van der Waals surface area contributed by atoms with E-state index in [1.54, 1.807) is 4.31 Å². The summed E-state index contributed by atoms with van der Waals surface area (Å²) in [5, 5.41) is 0. The minimum absolute atomic E-state index is 0.0283. The number of sulfonamides is 1. The highest BCUT2D eigenvalue weighted by Gasteiger charge is 2.37. The predicted molar refractivity (Wildman–Crippen MR) is 101 cm³/mol. The van der Waals surface area contributed by atoms with Crippen LogP contribution in [0.25, 0.3) is 0 Å². The third-order valence-corrected chi connectivity index (χ3v) is 6.10. The van der Waals surface area contributed by atoms with Gasteiger partial charge in [0.25, 0.3) is 0 Å². The summed E-state index contributed by atoms with van der Waals surface area (Å²) in [6.45, 7) is 14.6. The minimum Gasteiger partial charge on any atom is -0.376 e. The maximum absolute atomic E-state index is 12.3. The predicted octanol–water partition coefficient (Wildman–Crippen LogP) is 3.20. The summed E-state index contributed by atoms with van der Waals surface area (Å²) >= 11 is 0. The molecular formula is C16H35NO3S2. The minimum atomic E-state index is -3.32. The average molecular weight is 354 g/mol. The summed E-state index contributed by atoms with van der Waals surface area (Å²) in [4.78, 5) is 0. The molecule has 0 saturated heterocycles. The second-order valence-corrected chi connectivity index (χ2v) is 11.9. The molecule has 0 rings (SSSR count). The lowest BCUT2D eigenvalue weighted by molar-refractivity contribution is -0.0268. The topological polar surface area (TPSA) is 46.6 Å². The number of nitrogens with zero attached hydrogens (tertiary/aromatic N) is 1. The van der Waals surface area contributed by atoms with Gasteiger partial charge in [-0.2, -0.15) is 14.8 Å². The van der Waals surface area contributed by atoms with Crippen LogP contribution in [-0.2, 0) is 14.8 Å². The molecule has 0 fully saturated rings. The lowest BCUT2D eigenvalue weighted by Crippen LogP contribution is -2.54. The highest BCUT2D eigenvalue weighted by atomic mass is 32.2. The van der Waals surface area contributed by atoms with E-state index in [0.29, 0.717) is 12.4 Å². The fourth-order valence-electron chi connectivity index (χ4n) is 2.33. The van der Waals surface area contributed by atoms with Crippen LogP contribution in [0.3, 0.4) is 0 Å². The van der Waals surface area contributed by atoms with E-state index in [0.717, 1.165) is 0 Å². The van der Waals surface area contributed by atoms with Crippen molar-refractivity contribution < 1.29 is 13.2 Å². The highest BCUT2D eigenvalue weighted by molar-refractivity contribution is 8.13. The first-order valence-corrected chi connectivity index (χ1v) is 11.4. The van der Waals surface area contributed by atoms with Crippen LogP contribution < -0.4 is 0 Å². The summed E-state index contributed by atoms with van der Waals surface area (Å²) in [5.41, 5.74) is -0.452. The zero-order chi connectivity index (χ0) is 17.9. The molecule has 0 aliphatic carbocycles. The van der Waals surface area contributed by atoms with Crippen molar-refractivity contribution in [2.75, 3.05) is 24.9 Å². The summed E-state index contributed by atoms with van der Waals surface area (Å²) in [5.74, 6) is 4.76. The lowest BCUT2D eigenvalue weighted by atomic mass is 9.90. The van der Waals surface area contributed by atoms with Gasteiger partial charge in [0.1, 0.15) is 0 Å². The van der Waals surface area contributed by atoms with Crippen molar-refractivity contribution in [1.29, 1.82) is 0 Å². The highest BCUT2D eigenvalue weighted by Crippen LogP contribution is 2.27. The monoisotopic (exact) mass is 353 g/mol. The van der Waals surface area contributed by atoms with Crippen LogP contribution in [0.1, 0.15) is 48.5 Å². The fourth-order valence-corrected chi connectivity index (χ4v) is 5.00. The fraction of sp³-hybridized carbons (Fsp3) is 0.938. The maximum Gasteiger partial charge on any atom is 0.212 e. The number of ether oxygens (including phenoxy) is 1. The Bertz CT molecular complexity index is 473. The standard InChI is InChI=1S/C16H35NO3S2/c1-13(15(2,3)4)20-11-14(12-21(8)9)17(16(5,6)7)22(10,18)19/h13-14H,8,11-12H2,1-7,9-10H3. The molecule has 0 aromatic heterocycles. The van der Waals surface area contributed by atoms with Crippen LogP contribution in [-0.4, -0.2) is 61.1 Å². The summed E-state index contributed by atoms with van der Waals surface area (Å²) in [7, 11) is -3.43. The smallest absolute Gasteiger partial charge is 0.212 e. The van der Waals surface area contributed by atoms with Gasteiger partial charge in [-0.25, -0.2) is 8.42 Å². The molecule has 0 aromatic carbocycles. The Kier molecular flexibility index (Phi) is 7.81.